The Kier molecular flexibility index (Phi) is 5.02. The summed E-state index contributed by atoms with van der Waals surface area (Å²) in [4.78, 5) is 30.2. The second-order valence-corrected chi connectivity index (χ2v) is 6.46. The molecule has 2 amide bonds. The highest BCUT2D eigenvalue weighted by atomic mass is 16.2. The minimum atomic E-state index is -0.469. The highest BCUT2D eigenvalue weighted by Gasteiger charge is 2.34. The molecule has 0 spiro atoms. The van der Waals surface area contributed by atoms with Crippen molar-refractivity contribution in [3.8, 4) is 0 Å². The zero-order chi connectivity index (χ0) is 18.7. The van der Waals surface area contributed by atoms with Crippen LogP contribution >= 0.6 is 0 Å². The maximum Gasteiger partial charge on any atom is 0.256 e. The van der Waals surface area contributed by atoms with Crippen molar-refractivity contribution in [3.05, 3.63) is 65.7 Å². The molecule has 0 aliphatic carbocycles. The van der Waals surface area contributed by atoms with E-state index < -0.39 is 5.92 Å². The highest BCUT2D eigenvalue weighted by molar-refractivity contribution is 5.96. The summed E-state index contributed by atoms with van der Waals surface area (Å²) in [5.74, 6) is -1.04. The first-order valence-corrected chi connectivity index (χ1v) is 8.53. The Bertz CT molecular complexity index is 844. The van der Waals surface area contributed by atoms with Crippen molar-refractivity contribution in [2.24, 2.45) is 16.5 Å². The highest BCUT2D eigenvalue weighted by Crippen LogP contribution is 2.41. The SMILES string of the molecule is CC(=O)N1CC(C[C@@H](C(=O)N=C(N)N)c2ccccc2)c2ccccc21. The Morgan fingerprint density at radius 2 is 1.77 bits per heavy atom. The topological polar surface area (TPSA) is 102 Å². The molecule has 4 N–H and O–H groups in total. The lowest BCUT2D eigenvalue weighted by Gasteiger charge is -2.19. The number of amides is 2. The second kappa shape index (κ2) is 7.39. The molecule has 0 saturated heterocycles. The van der Waals surface area contributed by atoms with Crippen LogP contribution in [0.5, 0.6) is 0 Å². The number of hydrogen-bond donors (Lipinski definition) is 2. The minimum Gasteiger partial charge on any atom is -0.370 e. The quantitative estimate of drug-likeness (QED) is 0.651. The fourth-order valence-corrected chi connectivity index (χ4v) is 3.55. The third-order valence-corrected chi connectivity index (χ3v) is 4.71. The average molecular weight is 350 g/mol. The van der Waals surface area contributed by atoms with Gasteiger partial charge in [0.05, 0.1) is 5.92 Å². The largest absolute Gasteiger partial charge is 0.370 e. The van der Waals surface area contributed by atoms with Gasteiger partial charge in [0.25, 0.3) is 5.91 Å². The number of nitrogens with zero attached hydrogens (tertiary/aromatic N) is 2. The third kappa shape index (κ3) is 3.59. The zero-order valence-corrected chi connectivity index (χ0v) is 14.6. The molecule has 0 bridgehead atoms. The number of guanidine groups is 1. The monoisotopic (exact) mass is 350 g/mol. The Labute approximate surface area is 152 Å². The summed E-state index contributed by atoms with van der Waals surface area (Å²) >= 11 is 0. The number of carbonyl (C=O) groups is 2. The Balaban J connectivity index is 1.94. The molecule has 26 heavy (non-hydrogen) atoms. The summed E-state index contributed by atoms with van der Waals surface area (Å²) in [5.41, 5.74) is 13.7. The Morgan fingerprint density at radius 1 is 1.12 bits per heavy atom. The number of fused-ring (bicyclic) bond motifs is 1. The van der Waals surface area contributed by atoms with E-state index >= 15 is 0 Å². The first kappa shape index (κ1) is 17.7. The van der Waals surface area contributed by atoms with Crippen LogP contribution in [0, 0.1) is 0 Å². The normalized spacial score (nSPS) is 16.7. The molecular weight excluding hydrogens is 328 g/mol. The van der Waals surface area contributed by atoms with Gasteiger partial charge >= 0.3 is 0 Å². The van der Waals surface area contributed by atoms with Crippen LogP contribution in [0.2, 0.25) is 0 Å². The van der Waals surface area contributed by atoms with E-state index in [1.165, 1.54) is 0 Å². The fraction of sp³-hybridized carbons (Fsp3) is 0.250. The molecule has 0 radical (unpaired) electrons. The van der Waals surface area contributed by atoms with Gasteiger partial charge in [-0.15, -0.1) is 0 Å². The number of nitrogens with two attached hydrogens (primary N) is 2. The first-order valence-electron chi connectivity index (χ1n) is 8.53. The van der Waals surface area contributed by atoms with Crippen LogP contribution in [0.4, 0.5) is 5.69 Å². The van der Waals surface area contributed by atoms with Crippen LogP contribution in [0.3, 0.4) is 0 Å². The molecule has 2 aromatic rings. The van der Waals surface area contributed by atoms with Gasteiger partial charge in [-0.2, -0.15) is 4.99 Å². The van der Waals surface area contributed by atoms with Crippen molar-refractivity contribution < 1.29 is 9.59 Å². The second-order valence-electron chi connectivity index (χ2n) is 6.46. The number of rotatable bonds is 4. The van der Waals surface area contributed by atoms with Crippen LogP contribution in [-0.2, 0) is 9.59 Å². The Morgan fingerprint density at radius 3 is 2.42 bits per heavy atom. The Hall–Kier alpha value is -3.15. The molecule has 1 heterocycles. The van der Waals surface area contributed by atoms with E-state index in [9.17, 15) is 9.59 Å². The molecule has 1 aliphatic heterocycles. The molecule has 3 rings (SSSR count). The van der Waals surface area contributed by atoms with Gasteiger partial charge in [-0.05, 0) is 23.6 Å². The molecule has 134 valence electrons. The third-order valence-electron chi connectivity index (χ3n) is 4.71. The van der Waals surface area contributed by atoms with Crippen molar-refractivity contribution in [1.82, 2.24) is 0 Å². The number of para-hydroxylation sites is 1. The molecular formula is C20H22N4O2. The molecule has 2 atom stereocenters. The lowest BCUT2D eigenvalue weighted by atomic mass is 9.85. The summed E-state index contributed by atoms with van der Waals surface area (Å²) in [6, 6.07) is 17.3. The molecule has 6 heteroatoms. The predicted octanol–water partition coefficient (Wildman–Crippen LogP) is 2.11. The van der Waals surface area contributed by atoms with Crippen LogP contribution < -0.4 is 16.4 Å². The van der Waals surface area contributed by atoms with E-state index in [4.69, 9.17) is 11.5 Å². The maximum atomic E-state index is 12.6. The van der Waals surface area contributed by atoms with Crippen molar-refractivity contribution in [3.63, 3.8) is 0 Å². The smallest absolute Gasteiger partial charge is 0.256 e. The number of anilines is 1. The summed E-state index contributed by atoms with van der Waals surface area (Å²) in [7, 11) is 0. The molecule has 6 nitrogen and oxygen atoms in total. The van der Waals surface area contributed by atoms with Gasteiger partial charge in [0.1, 0.15) is 0 Å². The summed E-state index contributed by atoms with van der Waals surface area (Å²) < 4.78 is 0. The van der Waals surface area contributed by atoms with Crippen LogP contribution in [0.25, 0.3) is 0 Å². The van der Waals surface area contributed by atoms with E-state index in [-0.39, 0.29) is 23.7 Å². The number of benzene rings is 2. The van der Waals surface area contributed by atoms with E-state index in [0.717, 1.165) is 16.8 Å². The van der Waals surface area contributed by atoms with Crippen LogP contribution in [0.15, 0.2) is 59.6 Å². The first-order chi connectivity index (χ1) is 12.5. The average Bonchev–Trinajstić information content (AvgIpc) is 2.99. The lowest BCUT2D eigenvalue weighted by molar-refractivity contribution is -0.119. The van der Waals surface area contributed by atoms with E-state index in [0.29, 0.717) is 13.0 Å². The summed E-state index contributed by atoms with van der Waals surface area (Å²) in [6.07, 6.45) is 0.528. The van der Waals surface area contributed by atoms with Gasteiger partial charge in [-0.1, -0.05) is 48.5 Å². The van der Waals surface area contributed by atoms with Gasteiger partial charge in [0, 0.05) is 25.1 Å². The fourth-order valence-electron chi connectivity index (χ4n) is 3.55. The van der Waals surface area contributed by atoms with Gasteiger partial charge in [-0.3, -0.25) is 9.59 Å². The standard InChI is InChI=1S/C20H22N4O2/c1-13(25)24-12-15(16-9-5-6-10-18(16)24)11-17(19(26)23-20(21)22)14-7-3-2-4-8-14/h2-10,15,17H,11-12H2,1H3,(H4,21,22,23,26)/t15?,17-/m1/s1. The number of carbonyl (C=O) groups excluding carboxylic acids is 2. The van der Waals surface area contributed by atoms with Crippen molar-refractivity contribution in [2.45, 2.75) is 25.2 Å². The predicted molar refractivity (Wildman–Crippen MR) is 102 cm³/mol. The molecule has 0 fully saturated rings. The van der Waals surface area contributed by atoms with E-state index in [1.807, 2.05) is 54.6 Å². The maximum absolute atomic E-state index is 12.6. The van der Waals surface area contributed by atoms with Crippen molar-refractivity contribution in [1.29, 1.82) is 0 Å². The summed E-state index contributed by atoms with van der Waals surface area (Å²) in [5, 5.41) is 0. The van der Waals surface area contributed by atoms with Gasteiger partial charge in [0.15, 0.2) is 5.96 Å². The van der Waals surface area contributed by atoms with Gasteiger partial charge in [-0.25, -0.2) is 0 Å². The van der Waals surface area contributed by atoms with E-state index in [1.54, 1.807) is 11.8 Å². The van der Waals surface area contributed by atoms with Gasteiger partial charge < -0.3 is 16.4 Å². The number of aliphatic imine (C=N–C) groups is 1. The lowest BCUT2D eigenvalue weighted by Crippen LogP contribution is -2.28. The molecule has 0 aromatic heterocycles. The summed E-state index contributed by atoms with van der Waals surface area (Å²) in [6.45, 7) is 2.10. The molecule has 1 aliphatic rings. The van der Waals surface area contributed by atoms with E-state index in [2.05, 4.69) is 4.99 Å². The van der Waals surface area contributed by atoms with Crippen LogP contribution in [-0.4, -0.2) is 24.3 Å². The zero-order valence-electron chi connectivity index (χ0n) is 14.6. The van der Waals surface area contributed by atoms with Crippen molar-refractivity contribution >= 4 is 23.5 Å². The minimum absolute atomic E-state index is 0.00763. The number of hydrogen-bond acceptors (Lipinski definition) is 2. The molecule has 1 unspecified atom stereocenters. The van der Waals surface area contributed by atoms with Gasteiger partial charge in [0.2, 0.25) is 5.91 Å². The van der Waals surface area contributed by atoms with Crippen LogP contribution in [0.1, 0.15) is 36.3 Å². The van der Waals surface area contributed by atoms with Crippen molar-refractivity contribution in [2.75, 3.05) is 11.4 Å². The molecule has 2 aromatic carbocycles. The molecule has 0 saturated carbocycles.